The highest BCUT2D eigenvalue weighted by molar-refractivity contribution is 5.81. The van der Waals surface area contributed by atoms with E-state index < -0.39 is 6.10 Å². The summed E-state index contributed by atoms with van der Waals surface area (Å²) >= 11 is 0. The SMILES string of the molecule is C[C@@H](Oc1ccc(F)cc1)C(=O)N1CCc2ccccc2C1. The zero-order chi connectivity index (χ0) is 15.5. The molecule has 1 aliphatic heterocycles. The summed E-state index contributed by atoms with van der Waals surface area (Å²) in [5.41, 5.74) is 2.50. The molecule has 0 radical (unpaired) electrons. The van der Waals surface area contributed by atoms with E-state index in [2.05, 4.69) is 12.1 Å². The molecule has 0 aliphatic carbocycles. The summed E-state index contributed by atoms with van der Waals surface area (Å²) < 4.78 is 18.5. The smallest absolute Gasteiger partial charge is 0.263 e. The first-order valence-corrected chi connectivity index (χ1v) is 7.41. The predicted molar refractivity (Wildman–Crippen MR) is 82.1 cm³/mol. The first-order chi connectivity index (χ1) is 10.6. The molecule has 0 unspecified atom stereocenters. The highest BCUT2D eigenvalue weighted by Crippen LogP contribution is 2.20. The molecule has 2 aromatic carbocycles. The van der Waals surface area contributed by atoms with Crippen LogP contribution in [0.1, 0.15) is 18.1 Å². The Labute approximate surface area is 129 Å². The van der Waals surface area contributed by atoms with Crippen LogP contribution in [0.5, 0.6) is 5.75 Å². The highest BCUT2D eigenvalue weighted by atomic mass is 19.1. The molecule has 2 aromatic rings. The Hall–Kier alpha value is -2.36. The summed E-state index contributed by atoms with van der Waals surface area (Å²) in [6.07, 6.45) is 0.279. The van der Waals surface area contributed by atoms with Gasteiger partial charge < -0.3 is 9.64 Å². The van der Waals surface area contributed by atoms with Crippen molar-refractivity contribution >= 4 is 5.91 Å². The molecule has 0 aromatic heterocycles. The van der Waals surface area contributed by atoms with Gasteiger partial charge in [0.2, 0.25) is 0 Å². The average molecular weight is 299 g/mol. The predicted octanol–water partition coefficient (Wildman–Crippen LogP) is 3.18. The number of fused-ring (bicyclic) bond motifs is 1. The Morgan fingerprint density at radius 1 is 1.14 bits per heavy atom. The van der Waals surface area contributed by atoms with E-state index in [4.69, 9.17) is 4.74 Å². The van der Waals surface area contributed by atoms with Gasteiger partial charge in [0, 0.05) is 13.1 Å². The third-order valence-electron chi connectivity index (χ3n) is 3.92. The van der Waals surface area contributed by atoms with E-state index in [9.17, 15) is 9.18 Å². The van der Waals surface area contributed by atoms with Crippen molar-refractivity contribution < 1.29 is 13.9 Å². The van der Waals surface area contributed by atoms with Crippen molar-refractivity contribution in [2.75, 3.05) is 6.54 Å². The molecule has 0 spiro atoms. The van der Waals surface area contributed by atoms with Crippen LogP contribution in [0, 0.1) is 5.82 Å². The van der Waals surface area contributed by atoms with Crippen molar-refractivity contribution in [3.05, 3.63) is 65.5 Å². The lowest BCUT2D eigenvalue weighted by atomic mass is 9.99. The first kappa shape index (κ1) is 14.6. The van der Waals surface area contributed by atoms with Crippen LogP contribution in [0.3, 0.4) is 0 Å². The van der Waals surface area contributed by atoms with Gasteiger partial charge in [-0.2, -0.15) is 0 Å². The molecule has 0 fully saturated rings. The van der Waals surface area contributed by atoms with Gasteiger partial charge in [-0.1, -0.05) is 24.3 Å². The van der Waals surface area contributed by atoms with Gasteiger partial charge in [0.05, 0.1) is 0 Å². The number of carbonyl (C=O) groups is 1. The fraction of sp³-hybridized carbons (Fsp3) is 0.278. The molecule has 1 amide bonds. The van der Waals surface area contributed by atoms with Crippen molar-refractivity contribution in [3.63, 3.8) is 0 Å². The minimum atomic E-state index is -0.587. The van der Waals surface area contributed by atoms with Crippen LogP contribution >= 0.6 is 0 Å². The van der Waals surface area contributed by atoms with Crippen LogP contribution < -0.4 is 4.74 Å². The number of rotatable bonds is 3. The van der Waals surface area contributed by atoms with Gasteiger partial charge in [-0.25, -0.2) is 4.39 Å². The summed E-state index contributed by atoms with van der Waals surface area (Å²) in [6, 6.07) is 13.9. The molecule has 1 aliphatic rings. The summed E-state index contributed by atoms with van der Waals surface area (Å²) in [7, 11) is 0. The standard InChI is InChI=1S/C18H18FNO2/c1-13(22-17-8-6-16(19)7-9-17)18(21)20-11-10-14-4-2-3-5-15(14)12-20/h2-9,13H,10-12H2,1H3/t13-/m1/s1. The number of hydrogen-bond donors (Lipinski definition) is 0. The normalized spacial score (nSPS) is 15.1. The van der Waals surface area contributed by atoms with Crippen LogP contribution in [0.4, 0.5) is 4.39 Å². The second-order valence-corrected chi connectivity index (χ2v) is 5.49. The van der Waals surface area contributed by atoms with Gasteiger partial charge in [0.15, 0.2) is 6.10 Å². The Bertz CT molecular complexity index is 669. The topological polar surface area (TPSA) is 29.5 Å². The fourth-order valence-corrected chi connectivity index (χ4v) is 2.71. The van der Waals surface area contributed by atoms with Gasteiger partial charge in [0.1, 0.15) is 11.6 Å². The van der Waals surface area contributed by atoms with Crippen LogP contribution in [-0.4, -0.2) is 23.5 Å². The third kappa shape index (κ3) is 3.11. The van der Waals surface area contributed by atoms with Crippen molar-refractivity contribution in [1.29, 1.82) is 0 Å². The molecular formula is C18H18FNO2. The Balaban J connectivity index is 1.65. The second kappa shape index (κ2) is 6.18. The molecular weight excluding hydrogens is 281 g/mol. The maximum Gasteiger partial charge on any atom is 0.263 e. The molecule has 3 nitrogen and oxygen atoms in total. The maximum absolute atomic E-state index is 12.9. The van der Waals surface area contributed by atoms with Gasteiger partial charge in [-0.15, -0.1) is 0 Å². The van der Waals surface area contributed by atoms with Crippen molar-refractivity contribution in [2.24, 2.45) is 0 Å². The molecule has 4 heteroatoms. The van der Waals surface area contributed by atoms with E-state index >= 15 is 0 Å². The number of nitrogens with zero attached hydrogens (tertiary/aromatic N) is 1. The van der Waals surface area contributed by atoms with E-state index in [0.29, 0.717) is 18.8 Å². The van der Waals surface area contributed by atoms with Crippen molar-refractivity contribution in [3.8, 4) is 5.75 Å². The Morgan fingerprint density at radius 3 is 2.55 bits per heavy atom. The Morgan fingerprint density at radius 2 is 1.82 bits per heavy atom. The molecule has 22 heavy (non-hydrogen) atoms. The molecule has 0 N–H and O–H groups in total. The average Bonchev–Trinajstić information content (AvgIpc) is 2.55. The third-order valence-corrected chi connectivity index (χ3v) is 3.92. The summed E-state index contributed by atoms with van der Waals surface area (Å²) in [5, 5.41) is 0. The minimum Gasteiger partial charge on any atom is -0.481 e. The number of amides is 1. The van der Waals surface area contributed by atoms with Crippen LogP contribution in [0.15, 0.2) is 48.5 Å². The number of hydrogen-bond acceptors (Lipinski definition) is 2. The highest BCUT2D eigenvalue weighted by Gasteiger charge is 2.25. The van der Waals surface area contributed by atoms with Gasteiger partial charge in [0.25, 0.3) is 5.91 Å². The monoisotopic (exact) mass is 299 g/mol. The molecule has 1 heterocycles. The van der Waals surface area contributed by atoms with E-state index in [1.807, 2.05) is 17.0 Å². The van der Waals surface area contributed by atoms with Gasteiger partial charge >= 0.3 is 0 Å². The molecule has 114 valence electrons. The molecule has 0 saturated carbocycles. The van der Waals surface area contributed by atoms with Crippen molar-refractivity contribution in [2.45, 2.75) is 26.0 Å². The van der Waals surface area contributed by atoms with E-state index in [0.717, 1.165) is 6.42 Å². The second-order valence-electron chi connectivity index (χ2n) is 5.49. The Kier molecular flexibility index (Phi) is 4.09. The molecule has 0 saturated heterocycles. The lowest BCUT2D eigenvalue weighted by Gasteiger charge is -2.31. The van der Waals surface area contributed by atoms with E-state index in [1.165, 1.54) is 35.4 Å². The lowest BCUT2D eigenvalue weighted by Crippen LogP contribution is -2.43. The fourth-order valence-electron chi connectivity index (χ4n) is 2.71. The summed E-state index contributed by atoms with van der Waals surface area (Å²) in [6.45, 7) is 3.05. The van der Waals surface area contributed by atoms with Gasteiger partial charge in [-0.05, 0) is 48.7 Å². The molecule has 3 rings (SSSR count). The largest absolute Gasteiger partial charge is 0.481 e. The molecule has 1 atom stereocenters. The van der Waals surface area contributed by atoms with E-state index in [-0.39, 0.29) is 11.7 Å². The van der Waals surface area contributed by atoms with Crippen LogP contribution in [-0.2, 0) is 17.8 Å². The number of ether oxygens (including phenoxy) is 1. The lowest BCUT2D eigenvalue weighted by molar-refractivity contribution is -0.138. The van der Waals surface area contributed by atoms with Gasteiger partial charge in [-0.3, -0.25) is 4.79 Å². The quantitative estimate of drug-likeness (QED) is 0.871. The number of halogens is 1. The minimum absolute atomic E-state index is 0.0428. The first-order valence-electron chi connectivity index (χ1n) is 7.41. The molecule has 0 bridgehead atoms. The van der Waals surface area contributed by atoms with E-state index in [1.54, 1.807) is 6.92 Å². The van der Waals surface area contributed by atoms with Crippen molar-refractivity contribution in [1.82, 2.24) is 4.90 Å². The number of carbonyl (C=O) groups excluding carboxylic acids is 1. The maximum atomic E-state index is 12.9. The van der Waals surface area contributed by atoms with Crippen LogP contribution in [0.2, 0.25) is 0 Å². The summed E-state index contributed by atoms with van der Waals surface area (Å²) in [5.74, 6) is 0.137. The van der Waals surface area contributed by atoms with Crippen LogP contribution in [0.25, 0.3) is 0 Å². The number of benzene rings is 2. The zero-order valence-electron chi connectivity index (χ0n) is 12.5. The zero-order valence-corrected chi connectivity index (χ0v) is 12.5. The summed E-state index contributed by atoms with van der Waals surface area (Å²) in [4.78, 5) is 14.3.